The molecule has 1 spiro atoms. The van der Waals surface area contributed by atoms with Crippen molar-refractivity contribution in [3.63, 3.8) is 0 Å². The van der Waals surface area contributed by atoms with Crippen LogP contribution >= 0.6 is 11.3 Å². The third kappa shape index (κ3) is 8.99. The van der Waals surface area contributed by atoms with E-state index in [4.69, 9.17) is 9.47 Å². The van der Waals surface area contributed by atoms with Gasteiger partial charge in [-0.3, -0.25) is 0 Å². The number of alkyl halides is 6. The number of nitrogens with one attached hydrogen (secondary N) is 2. The Kier molecular flexibility index (Phi) is 10.6. The van der Waals surface area contributed by atoms with Gasteiger partial charge in [0.2, 0.25) is 0 Å². The highest BCUT2D eigenvalue weighted by atomic mass is 32.2. The average Bonchev–Trinajstić information content (AvgIpc) is 3.37. The monoisotopic (exact) mass is 743 g/mol. The molecule has 15 heteroatoms. The van der Waals surface area contributed by atoms with Gasteiger partial charge in [-0.2, -0.15) is 26.3 Å². The van der Waals surface area contributed by atoms with E-state index >= 15 is 0 Å². The highest BCUT2D eigenvalue weighted by Gasteiger charge is 2.42. The third-order valence-corrected chi connectivity index (χ3v) is 12.1. The Morgan fingerprint density at radius 2 is 1.72 bits per heavy atom. The van der Waals surface area contributed by atoms with Gasteiger partial charge in [0.25, 0.3) is 0 Å². The smallest absolute Gasteiger partial charge is 0.422 e. The normalized spacial score (nSPS) is 21.3. The number of piperidine rings is 1. The summed E-state index contributed by atoms with van der Waals surface area (Å²) < 4.78 is 115. The second-order valence-electron chi connectivity index (χ2n) is 13.6. The number of hydrogen-bond acceptors (Lipinski definition) is 8. The Hall–Kier alpha value is -3.19. The number of fused-ring (bicyclic) bond motifs is 1. The molecule has 1 aliphatic carbocycles. The van der Waals surface area contributed by atoms with Crippen LogP contribution in [0.3, 0.4) is 0 Å². The quantitative estimate of drug-likeness (QED) is 0.172. The molecule has 3 aromatic rings. The minimum absolute atomic E-state index is 0.0566. The zero-order valence-electron chi connectivity index (χ0n) is 27.5. The summed E-state index contributed by atoms with van der Waals surface area (Å²) in [6.45, 7) is 2.18. The van der Waals surface area contributed by atoms with Crippen molar-refractivity contribution in [2.24, 2.45) is 5.41 Å². The van der Waals surface area contributed by atoms with Crippen LogP contribution < -0.4 is 15.4 Å². The van der Waals surface area contributed by atoms with E-state index in [-0.39, 0.29) is 39.4 Å². The van der Waals surface area contributed by atoms with Gasteiger partial charge in [0, 0.05) is 29.8 Å². The van der Waals surface area contributed by atoms with E-state index in [0.29, 0.717) is 21.5 Å². The van der Waals surface area contributed by atoms with Crippen molar-refractivity contribution in [1.29, 1.82) is 0 Å². The molecule has 1 aromatic heterocycles. The molecule has 3 heterocycles. The van der Waals surface area contributed by atoms with Gasteiger partial charge in [0.05, 0.1) is 52.0 Å². The molecule has 0 unspecified atom stereocenters. The third-order valence-electron chi connectivity index (χ3n) is 9.79. The number of rotatable bonds is 9. The summed E-state index contributed by atoms with van der Waals surface area (Å²) >= 11 is 1.18. The number of nitrogens with zero attached hydrogens (tertiary/aromatic N) is 1. The molecule has 0 radical (unpaired) electrons. The molecule has 50 heavy (non-hydrogen) atoms. The van der Waals surface area contributed by atoms with Gasteiger partial charge in [-0.15, -0.1) is 11.3 Å². The molecule has 272 valence electrons. The number of anilines is 2. The van der Waals surface area contributed by atoms with Gasteiger partial charge in [0.1, 0.15) is 5.75 Å². The first-order valence-corrected chi connectivity index (χ1v) is 19.2. The highest BCUT2D eigenvalue weighted by molar-refractivity contribution is 7.90. The Balaban J connectivity index is 1.15. The fourth-order valence-electron chi connectivity index (χ4n) is 7.03. The highest BCUT2D eigenvalue weighted by Crippen LogP contribution is 2.42. The maximum atomic E-state index is 13.8. The van der Waals surface area contributed by atoms with Crippen LogP contribution in [0, 0.1) is 17.3 Å². The minimum Gasteiger partial charge on any atom is -0.482 e. The molecule has 3 fully saturated rings. The van der Waals surface area contributed by atoms with Gasteiger partial charge >= 0.3 is 12.4 Å². The standard InChI is InChI=1S/C35H39F6N3O4S2/c1-50(45,46)25-11-12-28(30(18-25)48-22-35(39,40)41)42-15-3-6-31-27(19-34(36,37)38)26-4-2-5-29(32(26)49-31)43-23-7-9-24(10-8-23)44-16-13-33(14-17-44)20-47-21-33/h2,4-5,11-12,18,23-24,42-43H,7-10,13-17,19-22H2,1H3. The molecule has 7 nitrogen and oxygen atoms in total. The summed E-state index contributed by atoms with van der Waals surface area (Å²) in [5, 5.41) is 6.89. The Morgan fingerprint density at radius 1 is 1.00 bits per heavy atom. The first kappa shape index (κ1) is 36.6. The maximum Gasteiger partial charge on any atom is 0.422 e. The second kappa shape index (κ2) is 14.4. The first-order valence-electron chi connectivity index (χ1n) is 16.5. The Morgan fingerprint density at radius 3 is 2.34 bits per heavy atom. The van der Waals surface area contributed by atoms with E-state index in [0.717, 1.165) is 70.0 Å². The molecule has 2 aliphatic heterocycles. The predicted molar refractivity (Wildman–Crippen MR) is 182 cm³/mol. The van der Waals surface area contributed by atoms with Crippen molar-refractivity contribution in [2.75, 3.05) is 56.3 Å². The number of halogens is 6. The van der Waals surface area contributed by atoms with E-state index in [1.807, 2.05) is 6.07 Å². The van der Waals surface area contributed by atoms with Crippen molar-refractivity contribution >= 4 is 42.6 Å². The fourth-order valence-corrected chi connectivity index (χ4v) is 8.84. The van der Waals surface area contributed by atoms with Crippen molar-refractivity contribution in [1.82, 2.24) is 4.90 Å². The number of hydrogen-bond donors (Lipinski definition) is 2. The lowest BCUT2D eigenvalue weighted by Gasteiger charge is -2.49. The molecule has 3 aliphatic rings. The minimum atomic E-state index is -4.66. The number of likely N-dealkylation sites (tertiary alicyclic amines) is 1. The fraction of sp³-hybridized carbons (Fsp3) is 0.543. The van der Waals surface area contributed by atoms with Gasteiger partial charge in [0.15, 0.2) is 16.4 Å². The van der Waals surface area contributed by atoms with Crippen molar-refractivity contribution in [2.45, 2.75) is 74.3 Å². The molecule has 2 saturated heterocycles. The number of sulfone groups is 1. The molecule has 0 bridgehead atoms. The van der Waals surface area contributed by atoms with E-state index in [2.05, 4.69) is 27.4 Å². The predicted octanol–water partition coefficient (Wildman–Crippen LogP) is 7.65. The lowest BCUT2D eigenvalue weighted by atomic mass is 9.76. The van der Waals surface area contributed by atoms with Crippen molar-refractivity contribution in [3.05, 3.63) is 46.8 Å². The summed E-state index contributed by atoms with van der Waals surface area (Å²) in [6.07, 6.45) is -2.97. The summed E-state index contributed by atoms with van der Waals surface area (Å²) in [4.78, 5) is 2.63. The molecule has 2 N–H and O–H groups in total. The largest absolute Gasteiger partial charge is 0.482 e. The van der Waals surface area contributed by atoms with Crippen LogP contribution in [0.25, 0.3) is 10.1 Å². The van der Waals surface area contributed by atoms with E-state index < -0.39 is 35.2 Å². The number of benzene rings is 2. The lowest BCUT2D eigenvalue weighted by Crippen LogP contribution is -2.53. The summed E-state index contributed by atoms with van der Waals surface area (Å²) in [5.74, 6) is 5.28. The number of ether oxygens (including phenoxy) is 2. The van der Waals surface area contributed by atoms with Crippen molar-refractivity contribution in [3.8, 4) is 17.6 Å². The van der Waals surface area contributed by atoms with Crippen LogP contribution in [0.4, 0.5) is 37.7 Å². The summed E-state index contributed by atoms with van der Waals surface area (Å²) in [7, 11) is -3.73. The summed E-state index contributed by atoms with van der Waals surface area (Å²) in [6, 6.07) is 9.50. The van der Waals surface area contributed by atoms with Crippen LogP contribution in [0.1, 0.15) is 49.0 Å². The summed E-state index contributed by atoms with van der Waals surface area (Å²) in [5.41, 5.74) is 1.30. The lowest BCUT2D eigenvalue weighted by molar-refractivity contribution is -0.153. The molecular weight excluding hydrogens is 705 g/mol. The maximum absolute atomic E-state index is 13.8. The van der Waals surface area contributed by atoms with Crippen molar-refractivity contribution < 1.29 is 44.2 Å². The molecule has 0 amide bonds. The molecular formula is C35H39F6N3O4S2. The van der Waals surface area contributed by atoms with Gasteiger partial charge < -0.3 is 25.0 Å². The van der Waals surface area contributed by atoms with Crippen LogP contribution in [-0.4, -0.2) is 83.5 Å². The van der Waals surface area contributed by atoms with Crippen LogP contribution in [0.15, 0.2) is 41.3 Å². The van der Waals surface area contributed by atoms with Crippen LogP contribution in [-0.2, 0) is 21.0 Å². The second-order valence-corrected chi connectivity index (χ2v) is 16.6. The first-order chi connectivity index (χ1) is 23.6. The Bertz CT molecular complexity index is 1840. The zero-order chi connectivity index (χ0) is 35.7. The van der Waals surface area contributed by atoms with Gasteiger partial charge in [-0.1, -0.05) is 24.0 Å². The van der Waals surface area contributed by atoms with Gasteiger partial charge in [-0.05, 0) is 80.8 Å². The molecule has 1 saturated carbocycles. The molecule has 2 aromatic carbocycles. The topological polar surface area (TPSA) is 79.9 Å². The average molecular weight is 744 g/mol. The number of thiophene rings is 1. The van der Waals surface area contributed by atoms with Crippen LogP contribution in [0.5, 0.6) is 5.75 Å². The van der Waals surface area contributed by atoms with E-state index in [1.165, 1.54) is 36.3 Å². The molecule has 6 rings (SSSR count). The SMILES string of the molecule is CS(=O)(=O)c1ccc(NCC#Cc2sc3c(NC4CCC(N5CCC6(CC5)COC6)CC4)cccc3c2CC(F)(F)F)c(OCC(F)(F)F)c1. The van der Waals surface area contributed by atoms with E-state index in [9.17, 15) is 34.8 Å². The van der Waals surface area contributed by atoms with Gasteiger partial charge in [-0.25, -0.2) is 8.42 Å². The van der Waals surface area contributed by atoms with Crippen LogP contribution in [0.2, 0.25) is 0 Å². The van der Waals surface area contributed by atoms with E-state index in [1.54, 1.807) is 12.1 Å². The Labute approximate surface area is 291 Å². The molecule has 0 atom stereocenters. The zero-order valence-corrected chi connectivity index (χ0v) is 29.1.